The van der Waals surface area contributed by atoms with Crippen LogP contribution < -0.4 is 24.3 Å². The number of hydrogen-bond donors (Lipinski definition) is 3. The minimum absolute atomic E-state index is 0.120. The van der Waals surface area contributed by atoms with Crippen molar-refractivity contribution in [2.24, 2.45) is 0 Å². The number of ether oxygens (including phenoxy) is 4. The lowest BCUT2D eigenvalue weighted by molar-refractivity contribution is 0.170. The molecule has 12 heteroatoms. The summed E-state index contributed by atoms with van der Waals surface area (Å²) in [7, 11) is 0. The molecule has 2 aromatic heterocycles. The maximum Gasteiger partial charge on any atom is 0.230 e. The molecule has 3 heterocycles. The summed E-state index contributed by atoms with van der Waals surface area (Å²) >= 11 is 6.71. The molecule has 0 amide bonds. The quantitative estimate of drug-likeness (QED) is 0.186. The van der Waals surface area contributed by atoms with Gasteiger partial charge in [0.15, 0.2) is 17.2 Å². The highest BCUT2D eigenvalue weighted by Gasteiger charge is 2.18. The van der Waals surface area contributed by atoms with Gasteiger partial charge in [0, 0.05) is 41.7 Å². The Hall–Kier alpha value is -4.99. The van der Waals surface area contributed by atoms with Crippen LogP contribution in [0.5, 0.6) is 28.9 Å². The number of aromatic nitrogens is 3. The van der Waals surface area contributed by atoms with Crippen LogP contribution in [0.15, 0.2) is 73.3 Å². The fourth-order valence-corrected chi connectivity index (χ4v) is 5.07. The Balaban J connectivity index is 1.33. The van der Waals surface area contributed by atoms with Gasteiger partial charge < -0.3 is 34.5 Å². The molecule has 6 rings (SSSR count). The molecule has 0 fully saturated rings. The average molecular weight is 626 g/mol. The van der Waals surface area contributed by atoms with E-state index in [-0.39, 0.29) is 26.4 Å². The highest BCUT2D eigenvalue weighted by atomic mass is 35.5. The Bertz CT molecular complexity index is 1880. The third-order valence-electron chi connectivity index (χ3n) is 7.14. The second-order valence-corrected chi connectivity index (χ2v) is 10.6. The highest BCUT2D eigenvalue weighted by Crippen LogP contribution is 2.40. The topological polar surface area (TPSA) is 152 Å². The summed E-state index contributed by atoms with van der Waals surface area (Å²) in [4.78, 5) is 13.1. The molecule has 228 valence electrons. The van der Waals surface area contributed by atoms with Crippen molar-refractivity contribution < 1.29 is 29.2 Å². The van der Waals surface area contributed by atoms with Crippen LogP contribution in [0.25, 0.3) is 22.0 Å². The summed E-state index contributed by atoms with van der Waals surface area (Å²) in [5, 5.41) is 32.3. The number of hydrogen-bond acceptors (Lipinski definition) is 11. The number of nitriles is 1. The summed E-state index contributed by atoms with van der Waals surface area (Å²) < 4.78 is 23.9. The molecule has 0 saturated heterocycles. The van der Waals surface area contributed by atoms with Crippen molar-refractivity contribution in [3.05, 3.63) is 95.0 Å². The summed E-state index contributed by atoms with van der Waals surface area (Å²) in [6, 6.07) is 18.1. The molecule has 5 aromatic rings. The number of fused-ring (bicyclic) bond motifs is 2. The van der Waals surface area contributed by atoms with Gasteiger partial charge in [0.1, 0.15) is 38.0 Å². The van der Waals surface area contributed by atoms with Crippen molar-refractivity contribution in [3.8, 4) is 46.1 Å². The van der Waals surface area contributed by atoms with Gasteiger partial charge in [-0.25, -0.2) is 9.97 Å². The van der Waals surface area contributed by atoms with Gasteiger partial charge in [-0.15, -0.1) is 0 Å². The van der Waals surface area contributed by atoms with Gasteiger partial charge in [0.25, 0.3) is 0 Å². The van der Waals surface area contributed by atoms with Crippen molar-refractivity contribution in [3.63, 3.8) is 0 Å². The van der Waals surface area contributed by atoms with E-state index in [1.54, 1.807) is 24.4 Å². The van der Waals surface area contributed by atoms with Crippen LogP contribution in [0.1, 0.15) is 16.7 Å². The molecule has 0 radical (unpaired) electrons. The number of nitrogens with zero attached hydrogens (tertiary/aromatic N) is 4. The van der Waals surface area contributed by atoms with Crippen LogP contribution in [0, 0.1) is 11.3 Å². The lowest BCUT2D eigenvalue weighted by Gasteiger charge is -2.19. The Morgan fingerprint density at radius 3 is 2.64 bits per heavy atom. The Labute approximate surface area is 263 Å². The smallest absolute Gasteiger partial charge is 0.230 e. The lowest BCUT2D eigenvalue weighted by atomic mass is 10.0. The summed E-state index contributed by atoms with van der Waals surface area (Å²) in [5.74, 6) is 2.41. The van der Waals surface area contributed by atoms with Gasteiger partial charge in [-0.2, -0.15) is 5.26 Å². The zero-order chi connectivity index (χ0) is 31.2. The van der Waals surface area contributed by atoms with E-state index in [0.29, 0.717) is 74.7 Å². The molecular weight excluding hydrogens is 598 g/mol. The zero-order valence-corrected chi connectivity index (χ0v) is 24.7. The van der Waals surface area contributed by atoms with Crippen LogP contribution in [0.3, 0.4) is 0 Å². The maximum atomic E-state index is 9.51. The summed E-state index contributed by atoms with van der Waals surface area (Å²) in [6.45, 7) is 0.869. The van der Waals surface area contributed by atoms with Crippen molar-refractivity contribution >= 4 is 22.5 Å². The number of benzene rings is 3. The molecule has 0 atom stereocenters. The van der Waals surface area contributed by atoms with Gasteiger partial charge in [0.2, 0.25) is 5.88 Å². The van der Waals surface area contributed by atoms with Crippen LogP contribution in [0.4, 0.5) is 0 Å². The van der Waals surface area contributed by atoms with E-state index in [1.807, 2.05) is 36.4 Å². The Morgan fingerprint density at radius 1 is 0.978 bits per heavy atom. The van der Waals surface area contributed by atoms with E-state index in [0.717, 1.165) is 11.1 Å². The largest absolute Gasteiger partial charge is 0.488 e. The molecule has 0 spiro atoms. The van der Waals surface area contributed by atoms with E-state index in [2.05, 4.69) is 26.3 Å². The lowest BCUT2D eigenvalue weighted by Crippen LogP contribution is -2.35. The number of aliphatic hydroxyl groups is 2. The van der Waals surface area contributed by atoms with E-state index in [4.69, 9.17) is 30.5 Å². The van der Waals surface area contributed by atoms with Gasteiger partial charge in [0.05, 0.1) is 40.7 Å². The molecular formula is C33H28ClN5O6. The number of para-hydroxylation sites is 1. The molecule has 1 aliphatic heterocycles. The monoisotopic (exact) mass is 625 g/mol. The fourth-order valence-electron chi connectivity index (χ4n) is 4.85. The van der Waals surface area contributed by atoms with E-state index in [9.17, 15) is 15.5 Å². The van der Waals surface area contributed by atoms with Gasteiger partial charge in [-0.3, -0.25) is 4.98 Å². The number of rotatable bonds is 11. The number of aliphatic hydroxyl groups excluding tert-OH is 2. The number of halogens is 1. The first kappa shape index (κ1) is 30.1. The minimum Gasteiger partial charge on any atom is -0.488 e. The third kappa shape index (κ3) is 6.74. The van der Waals surface area contributed by atoms with Crippen molar-refractivity contribution in [1.29, 1.82) is 5.26 Å². The summed E-state index contributed by atoms with van der Waals surface area (Å²) in [6.07, 6.45) is 4.52. The standard InChI is InChI=1S/C33H28ClN5O6/c34-27-9-23(15-37-24(16-40)17-41)29(44-18-21-8-20(12-35)13-36-14-21)11-30(27)45-33-26-3-1-2-25(32(26)38-19-39-33)22-4-5-28-31(10-22)43-7-6-42-28/h1-5,8-11,13-14,19,24,37,40-41H,6-7,15-18H2. The first-order chi connectivity index (χ1) is 22.1. The zero-order valence-electron chi connectivity index (χ0n) is 23.9. The molecule has 45 heavy (non-hydrogen) atoms. The first-order valence-corrected chi connectivity index (χ1v) is 14.5. The fraction of sp³-hybridized carbons (Fsp3) is 0.212. The second-order valence-electron chi connectivity index (χ2n) is 10.2. The van der Waals surface area contributed by atoms with Crippen molar-refractivity contribution in [2.75, 3.05) is 26.4 Å². The molecule has 0 bridgehead atoms. The van der Waals surface area contributed by atoms with Gasteiger partial charge in [-0.05, 0) is 35.9 Å². The SMILES string of the molecule is N#Cc1cncc(COc2cc(Oc3ncnc4c(-c5ccc6c(c5)OCCO6)cccc34)c(Cl)cc2CNC(CO)CO)c1. The van der Waals surface area contributed by atoms with Crippen LogP contribution >= 0.6 is 11.6 Å². The highest BCUT2D eigenvalue weighted by molar-refractivity contribution is 6.32. The summed E-state index contributed by atoms with van der Waals surface area (Å²) in [5.41, 5.74) is 4.22. The minimum atomic E-state index is -0.528. The van der Waals surface area contributed by atoms with Crippen LogP contribution in [0.2, 0.25) is 5.02 Å². The van der Waals surface area contributed by atoms with Gasteiger partial charge >= 0.3 is 0 Å². The van der Waals surface area contributed by atoms with Crippen LogP contribution in [-0.2, 0) is 13.2 Å². The molecule has 3 aromatic carbocycles. The molecule has 0 saturated carbocycles. The van der Waals surface area contributed by atoms with Crippen LogP contribution in [-0.4, -0.2) is 57.6 Å². The molecule has 0 unspecified atom stereocenters. The van der Waals surface area contributed by atoms with Gasteiger partial charge in [-0.1, -0.05) is 29.8 Å². The first-order valence-electron chi connectivity index (χ1n) is 14.1. The normalized spacial score (nSPS) is 12.2. The second kappa shape index (κ2) is 13.8. The molecule has 0 aliphatic carbocycles. The number of nitrogens with one attached hydrogen (secondary N) is 1. The third-order valence-corrected chi connectivity index (χ3v) is 7.44. The molecule has 3 N–H and O–H groups in total. The van der Waals surface area contributed by atoms with Crippen molar-refractivity contribution in [1.82, 2.24) is 20.3 Å². The predicted octanol–water partition coefficient (Wildman–Crippen LogP) is 4.80. The van der Waals surface area contributed by atoms with Crippen molar-refractivity contribution in [2.45, 2.75) is 19.2 Å². The Kier molecular flexibility index (Phi) is 9.19. The molecule has 1 aliphatic rings. The average Bonchev–Trinajstić information content (AvgIpc) is 3.09. The Morgan fingerprint density at radius 2 is 1.82 bits per heavy atom. The van der Waals surface area contributed by atoms with E-state index in [1.165, 1.54) is 12.5 Å². The molecule has 11 nitrogen and oxygen atoms in total. The van der Waals surface area contributed by atoms with E-state index < -0.39 is 6.04 Å². The van der Waals surface area contributed by atoms with E-state index >= 15 is 0 Å². The predicted molar refractivity (Wildman–Crippen MR) is 166 cm³/mol. The maximum absolute atomic E-state index is 9.51. The number of pyridine rings is 1.